The van der Waals surface area contributed by atoms with Crippen LogP contribution in [0.5, 0.6) is 0 Å². The van der Waals surface area contributed by atoms with Crippen molar-refractivity contribution in [1.29, 1.82) is 0 Å². The number of benzene rings is 2. The highest BCUT2D eigenvalue weighted by Crippen LogP contribution is 2.38. The predicted octanol–water partition coefficient (Wildman–Crippen LogP) is 4.21. The van der Waals surface area contributed by atoms with Crippen molar-refractivity contribution in [3.8, 4) is 22.4 Å². The lowest BCUT2D eigenvalue weighted by Gasteiger charge is -2.22. The fraction of sp³-hybridized carbons (Fsp3) is 0.250. The summed E-state index contributed by atoms with van der Waals surface area (Å²) in [5, 5.41) is 11.5. The number of piperidine rings is 1. The monoisotopic (exact) mass is 303 g/mol. The third-order valence-electron chi connectivity index (χ3n) is 4.65. The molecule has 0 saturated carbocycles. The minimum absolute atomic E-state index is 0.552. The maximum Gasteiger partial charge on any atom is 0.100 e. The molecule has 3 nitrogen and oxygen atoms in total. The van der Waals surface area contributed by atoms with Gasteiger partial charge in [-0.25, -0.2) is 0 Å². The van der Waals surface area contributed by atoms with E-state index in [2.05, 4.69) is 65.0 Å². The topological polar surface area (TPSA) is 40.7 Å². The van der Waals surface area contributed by atoms with Crippen LogP contribution in [0.2, 0.25) is 0 Å². The maximum absolute atomic E-state index is 4.69. The van der Waals surface area contributed by atoms with E-state index in [9.17, 15) is 0 Å². The van der Waals surface area contributed by atoms with Gasteiger partial charge in [0.2, 0.25) is 0 Å². The summed E-state index contributed by atoms with van der Waals surface area (Å²) in [4.78, 5) is 0. The molecule has 2 aromatic carbocycles. The molecule has 0 atom stereocenters. The summed E-state index contributed by atoms with van der Waals surface area (Å²) in [6.07, 6.45) is 2.33. The van der Waals surface area contributed by atoms with Gasteiger partial charge in [-0.15, -0.1) is 0 Å². The predicted molar refractivity (Wildman–Crippen MR) is 94.3 cm³/mol. The Kier molecular flexibility index (Phi) is 3.95. The summed E-state index contributed by atoms with van der Waals surface area (Å²) in [5.41, 5.74) is 6.03. The van der Waals surface area contributed by atoms with Crippen LogP contribution in [0.25, 0.3) is 22.4 Å². The fourth-order valence-electron chi connectivity index (χ4n) is 3.46. The van der Waals surface area contributed by atoms with Crippen LogP contribution in [0.15, 0.2) is 60.7 Å². The van der Waals surface area contributed by atoms with Crippen molar-refractivity contribution in [2.24, 2.45) is 0 Å². The number of nitrogens with zero attached hydrogens (tertiary/aromatic N) is 1. The van der Waals surface area contributed by atoms with E-state index in [0.29, 0.717) is 5.92 Å². The third-order valence-corrected chi connectivity index (χ3v) is 4.65. The summed E-state index contributed by atoms with van der Waals surface area (Å²) in [7, 11) is 0. The smallest absolute Gasteiger partial charge is 0.100 e. The molecule has 0 amide bonds. The Morgan fingerprint density at radius 3 is 2.04 bits per heavy atom. The second-order valence-electron chi connectivity index (χ2n) is 6.12. The number of nitrogens with one attached hydrogen (secondary N) is 2. The van der Waals surface area contributed by atoms with Crippen molar-refractivity contribution in [2.45, 2.75) is 18.8 Å². The SMILES string of the molecule is c1ccc(-c2n[nH]c(C3CCNCC3)c2-c2ccccc2)cc1. The van der Waals surface area contributed by atoms with E-state index < -0.39 is 0 Å². The van der Waals surface area contributed by atoms with Gasteiger partial charge < -0.3 is 5.32 Å². The molecule has 1 saturated heterocycles. The van der Waals surface area contributed by atoms with Gasteiger partial charge in [-0.3, -0.25) is 5.10 Å². The van der Waals surface area contributed by atoms with E-state index in [0.717, 1.165) is 31.6 Å². The molecular formula is C20H21N3. The zero-order chi connectivity index (χ0) is 15.5. The largest absolute Gasteiger partial charge is 0.317 e. The van der Waals surface area contributed by atoms with E-state index in [1.54, 1.807) is 0 Å². The Morgan fingerprint density at radius 2 is 1.39 bits per heavy atom. The quantitative estimate of drug-likeness (QED) is 0.761. The molecule has 3 aromatic rings. The fourth-order valence-corrected chi connectivity index (χ4v) is 3.46. The summed E-state index contributed by atoms with van der Waals surface area (Å²) >= 11 is 0. The molecule has 0 spiro atoms. The molecule has 23 heavy (non-hydrogen) atoms. The normalized spacial score (nSPS) is 15.7. The molecule has 0 bridgehead atoms. The van der Waals surface area contributed by atoms with E-state index in [-0.39, 0.29) is 0 Å². The molecule has 0 radical (unpaired) electrons. The number of H-pyrrole nitrogens is 1. The van der Waals surface area contributed by atoms with Gasteiger partial charge in [0.05, 0.1) is 0 Å². The Balaban J connectivity index is 1.85. The highest BCUT2D eigenvalue weighted by Gasteiger charge is 2.24. The van der Waals surface area contributed by atoms with Crippen molar-refractivity contribution >= 4 is 0 Å². The second kappa shape index (κ2) is 6.39. The highest BCUT2D eigenvalue weighted by atomic mass is 15.1. The summed E-state index contributed by atoms with van der Waals surface area (Å²) in [5.74, 6) is 0.552. The number of aromatic nitrogens is 2. The Bertz CT molecular complexity index is 756. The number of hydrogen-bond acceptors (Lipinski definition) is 2. The van der Waals surface area contributed by atoms with Gasteiger partial charge in [-0.05, 0) is 31.5 Å². The molecule has 1 fully saturated rings. The zero-order valence-electron chi connectivity index (χ0n) is 13.1. The molecule has 1 aliphatic heterocycles. The van der Waals surface area contributed by atoms with Crippen molar-refractivity contribution in [3.05, 3.63) is 66.4 Å². The first kappa shape index (κ1) is 14.2. The minimum atomic E-state index is 0.552. The first-order valence-electron chi connectivity index (χ1n) is 8.33. The molecule has 0 aliphatic carbocycles. The third kappa shape index (κ3) is 2.80. The first-order chi connectivity index (χ1) is 11.4. The zero-order valence-corrected chi connectivity index (χ0v) is 13.1. The molecule has 2 heterocycles. The number of rotatable bonds is 3. The van der Waals surface area contributed by atoms with Crippen LogP contribution in [-0.4, -0.2) is 23.3 Å². The molecule has 3 heteroatoms. The first-order valence-corrected chi connectivity index (χ1v) is 8.33. The van der Waals surface area contributed by atoms with Crippen molar-refractivity contribution in [1.82, 2.24) is 15.5 Å². The lowest BCUT2D eigenvalue weighted by Crippen LogP contribution is -2.27. The summed E-state index contributed by atoms with van der Waals surface area (Å²) in [6, 6.07) is 21.1. The van der Waals surface area contributed by atoms with E-state index >= 15 is 0 Å². The van der Waals surface area contributed by atoms with Gasteiger partial charge >= 0.3 is 0 Å². The Labute approximate surface area is 136 Å². The van der Waals surface area contributed by atoms with Crippen LogP contribution in [0.3, 0.4) is 0 Å². The van der Waals surface area contributed by atoms with E-state index in [1.165, 1.54) is 22.4 Å². The van der Waals surface area contributed by atoms with E-state index in [1.807, 2.05) is 6.07 Å². The van der Waals surface area contributed by atoms with Gasteiger partial charge in [0.15, 0.2) is 0 Å². The van der Waals surface area contributed by atoms with Crippen LogP contribution >= 0.6 is 0 Å². The average molecular weight is 303 g/mol. The molecule has 2 N–H and O–H groups in total. The van der Waals surface area contributed by atoms with Crippen molar-refractivity contribution in [2.75, 3.05) is 13.1 Å². The van der Waals surface area contributed by atoms with Gasteiger partial charge in [0, 0.05) is 22.7 Å². The Hall–Kier alpha value is -2.39. The maximum atomic E-state index is 4.69. The van der Waals surface area contributed by atoms with Crippen molar-refractivity contribution in [3.63, 3.8) is 0 Å². The van der Waals surface area contributed by atoms with Gasteiger partial charge in [-0.2, -0.15) is 5.10 Å². The molecule has 116 valence electrons. The minimum Gasteiger partial charge on any atom is -0.317 e. The van der Waals surface area contributed by atoms with E-state index in [4.69, 9.17) is 5.10 Å². The van der Waals surface area contributed by atoms with Crippen LogP contribution in [0.1, 0.15) is 24.5 Å². The average Bonchev–Trinajstić information content (AvgIpc) is 3.09. The van der Waals surface area contributed by atoms with Gasteiger partial charge in [0.25, 0.3) is 0 Å². The van der Waals surface area contributed by atoms with Crippen LogP contribution in [0, 0.1) is 0 Å². The van der Waals surface area contributed by atoms with Gasteiger partial charge in [0.1, 0.15) is 5.69 Å². The van der Waals surface area contributed by atoms with Crippen LogP contribution in [0.4, 0.5) is 0 Å². The molecule has 4 rings (SSSR count). The van der Waals surface area contributed by atoms with Crippen LogP contribution in [-0.2, 0) is 0 Å². The summed E-state index contributed by atoms with van der Waals surface area (Å²) in [6.45, 7) is 2.16. The van der Waals surface area contributed by atoms with Crippen molar-refractivity contribution < 1.29 is 0 Å². The summed E-state index contributed by atoms with van der Waals surface area (Å²) < 4.78 is 0. The second-order valence-corrected chi connectivity index (χ2v) is 6.12. The number of hydrogen-bond donors (Lipinski definition) is 2. The number of aromatic amines is 1. The Morgan fingerprint density at radius 1 is 0.783 bits per heavy atom. The highest BCUT2D eigenvalue weighted by molar-refractivity contribution is 5.82. The molecule has 1 aliphatic rings. The molecule has 1 aromatic heterocycles. The standard InChI is InChI=1S/C20H21N3/c1-3-7-15(8-4-1)18-19(16-9-5-2-6-10-16)22-23-20(18)17-11-13-21-14-12-17/h1-10,17,21H,11-14H2,(H,22,23). The van der Waals surface area contributed by atoms with Gasteiger partial charge in [-0.1, -0.05) is 60.7 Å². The van der Waals surface area contributed by atoms with Crippen LogP contribution < -0.4 is 5.32 Å². The molecule has 0 unspecified atom stereocenters. The lowest BCUT2D eigenvalue weighted by atomic mass is 9.88. The molecular weight excluding hydrogens is 282 g/mol. The lowest BCUT2D eigenvalue weighted by molar-refractivity contribution is 0.453.